The van der Waals surface area contributed by atoms with Gasteiger partial charge in [0.15, 0.2) is 0 Å². The lowest BCUT2D eigenvalue weighted by atomic mass is 10.0. The van der Waals surface area contributed by atoms with Gasteiger partial charge in [0.2, 0.25) is 0 Å². The summed E-state index contributed by atoms with van der Waals surface area (Å²) in [5, 5.41) is 21.8. The van der Waals surface area contributed by atoms with Gasteiger partial charge in [-0.2, -0.15) is 0 Å². The van der Waals surface area contributed by atoms with Crippen molar-refractivity contribution in [2.45, 2.75) is 38.8 Å². The molecular weight excluding hydrogens is 202 g/mol. The van der Waals surface area contributed by atoms with Gasteiger partial charge >= 0.3 is 0 Å². The maximum absolute atomic E-state index is 9.22. The molecule has 3 nitrogen and oxygen atoms in total. The Bertz CT molecular complexity index is 293. The molecule has 1 aromatic rings. The number of hydrogen-bond acceptors (Lipinski definition) is 3. The summed E-state index contributed by atoms with van der Waals surface area (Å²) in [7, 11) is 0. The summed E-state index contributed by atoms with van der Waals surface area (Å²) in [6, 6.07) is 7.59. The van der Waals surface area contributed by atoms with E-state index in [0.29, 0.717) is 0 Å². The van der Waals surface area contributed by atoms with E-state index in [4.69, 9.17) is 5.11 Å². The first-order chi connectivity index (χ1) is 7.71. The zero-order valence-corrected chi connectivity index (χ0v) is 9.98. The van der Waals surface area contributed by atoms with Gasteiger partial charge in [-0.3, -0.25) is 0 Å². The van der Waals surface area contributed by atoms with Gasteiger partial charge in [0.25, 0.3) is 0 Å². The van der Waals surface area contributed by atoms with Gasteiger partial charge in [-0.05, 0) is 30.5 Å². The Morgan fingerprint density at radius 1 is 1.12 bits per heavy atom. The lowest BCUT2D eigenvalue weighted by Gasteiger charge is -2.23. The number of aliphatic hydroxyl groups is 1. The molecule has 0 radical (unpaired) electrons. The van der Waals surface area contributed by atoms with Crippen LogP contribution in [0.1, 0.15) is 38.3 Å². The molecule has 3 heteroatoms. The maximum Gasteiger partial charge on any atom is 0.115 e. The number of phenols is 1. The van der Waals surface area contributed by atoms with Gasteiger partial charge in [-0.15, -0.1) is 0 Å². The van der Waals surface area contributed by atoms with Gasteiger partial charge in [0, 0.05) is 12.1 Å². The van der Waals surface area contributed by atoms with Crippen molar-refractivity contribution in [1.29, 1.82) is 0 Å². The largest absolute Gasteiger partial charge is 0.508 e. The van der Waals surface area contributed by atoms with E-state index in [2.05, 4.69) is 19.2 Å². The minimum atomic E-state index is 0.138. The van der Waals surface area contributed by atoms with Crippen LogP contribution in [0.25, 0.3) is 0 Å². The second kappa shape index (κ2) is 6.51. The molecule has 0 saturated carbocycles. The summed E-state index contributed by atoms with van der Waals surface area (Å²) >= 11 is 0. The van der Waals surface area contributed by atoms with E-state index in [-0.39, 0.29) is 24.4 Å². The van der Waals surface area contributed by atoms with Gasteiger partial charge in [0.1, 0.15) is 5.75 Å². The van der Waals surface area contributed by atoms with E-state index in [9.17, 15) is 5.11 Å². The molecule has 0 fully saturated rings. The molecule has 0 aliphatic rings. The van der Waals surface area contributed by atoms with Gasteiger partial charge < -0.3 is 15.5 Å². The van der Waals surface area contributed by atoms with Crippen molar-refractivity contribution < 1.29 is 10.2 Å². The average Bonchev–Trinajstić information content (AvgIpc) is 2.32. The molecule has 2 unspecified atom stereocenters. The van der Waals surface area contributed by atoms with Crippen LogP contribution in [-0.4, -0.2) is 22.9 Å². The second-order valence-corrected chi connectivity index (χ2v) is 4.01. The Morgan fingerprint density at radius 2 is 1.75 bits per heavy atom. The Balaban J connectivity index is 2.70. The molecule has 3 N–H and O–H groups in total. The highest BCUT2D eigenvalue weighted by atomic mass is 16.3. The van der Waals surface area contributed by atoms with Crippen LogP contribution in [0.3, 0.4) is 0 Å². The molecule has 0 saturated heterocycles. The summed E-state index contributed by atoms with van der Waals surface area (Å²) in [5.41, 5.74) is 1.15. The van der Waals surface area contributed by atoms with Crippen molar-refractivity contribution in [3.05, 3.63) is 29.8 Å². The monoisotopic (exact) mass is 223 g/mol. The summed E-state index contributed by atoms with van der Waals surface area (Å²) in [6.45, 7) is 4.32. The van der Waals surface area contributed by atoms with Crippen LogP contribution in [-0.2, 0) is 0 Å². The Morgan fingerprint density at radius 3 is 2.19 bits per heavy atom. The summed E-state index contributed by atoms with van der Waals surface area (Å²) in [4.78, 5) is 0. The third kappa shape index (κ3) is 3.51. The van der Waals surface area contributed by atoms with E-state index >= 15 is 0 Å². The van der Waals surface area contributed by atoms with Crippen LogP contribution in [0.15, 0.2) is 24.3 Å². The van der Waals surface area contributed by atoms with E-state index in [1.165, 1.54) is 0 Å². The van der Waals surface area contributed by atoms with Crippen LogP contribution in [0, 0.1) is 0 Å². The Kier molecular flexibility index (Phi) is 5.29. The molecule has 0 bridgehead atoms. The first-order valence-corrected chi connectivity index (χ1v) is 5.87. The third-order valence-electron chi connectivity index (χ3n) is 2.85. The molecule has 2 atom stereocenters. The molecular formula is C13H21NO2. The number of rotatable bonds is 6. The zero-order valence-electron chi connectivity index (χ0n) is 9.98. The van der Waals surface area contributed by atoms with Gasteiger partial charge in [-0.1, -0.05) is 26.0 Å². The predicted molar refractivity (Wildman–Crippen MR) is 65.4 cm³/mol. The van der Waals surface area contributed by atoms with Crippen molar-refractivity contribution in [3.8, 4) is 5.75 Å². The third-order valence-corrected chi connectivity index (χ3v) is 2.85. The van der Waals surface area contributed by atoms with Crippen LogP contribution in [0.2, 0.25) is 0 Å². The minimum Gasteiger partial charge on any atom is -0.508 e. The fourth-order valence-corrected chi connectivity index (χ4v) is 1.74. The van der Waals surface area contributed by atoms with Crippen molar-refractivity contribution in [3.63, 3.8) is 0 Å². The average molecular weight is 223 g/mol. The second-order valence-electron chi connectivity index (χ2n) is 4.01. The SMILES string of the molecule is CCC(CO)NC(CC)c1ccc(O)cc1. The number of benzene rings is 1. The molecule has 0 aliphatic heterocycles. The molecule has 0 aliphatic carbocycles. The zero-order chi connectivity index (χ0) is 12.0. The molecule has 0 heterocycles. The molecule has 0 amide bonds. The van der Waals surface area contributed by atoms with Crippen molar-refractivity contribution in [1.82, 2.24) is 5.32 Å². The van der Waals surface area contributed by atoms with Crippen molar-refractivity contribution >= 4 is 0 Å². The smallest absolute Gasteiger partial charge is 0.115 e. The van der Waals surface area contributed by atoms with Crippen LogP contribution < -0.4 is 5.32 Å². The topological polar surface area (TPSA) is 52.5 Å². The van der Waals surface area contributed by atoms with E-state index in [1.807, 2.05) is 12.1 Å². The summed E-state index contributed by atoms with van der Waals surface area (Å²) in [5.74, 6) is 0.285. The lowest BCUT2D eigenvalue weighted by molar-refractivity contribution is 0.226. The highest BCUT2D eigenvalue weighted by Gasteiger charge is 2.13. The standard InChI is InChI=1S/C13H21NO2/c1-3-11(9-15)14-13(4-2)10-5-7-12(16)8-6-10/h5-8,11,13-16H,3-4,9H2,1-2H3. The maximum atomic E-state index is 9.22. The number of phenolic OH excluding ortho intramolecular Hbond substituents is 1. The normalized spacial score (nSPS) is 14.7. The molecule has 1 aromatic carbocycles. The number of nitrogens with one attached hydrogen (secondary N) is 1. The summed E-state index contributed by atoms with van der Waals surface area (Å²) < 4.78 is 0. The van der Waals surface area contributed by atoms with Gasteiger partial charge in [0.05, 0.1) is 6.61 Å². The predicted octanol–water partition coefficient (Wildman–Crippen LogP) is 2.20. The van der Waals surface area contributed by atoms with Gasteiger partial charge in [-0.25, -0.2) is 0 Å². The van der Waals surface area contributed by atoms with E-state index in [0.717, 1.165) is 18.4 Å². The highest BCUT2D eigenvalue weighted by Crippen LogP contribution is 2.20. The molecule has 16 heavy (non-hydrogen) atoms. The Labute approximate surface area is 97.1 Å². The fraction of sp³-hybridized carbons (Fsp3) is 0.538. The highest BCUT2D eigenvalue weighted by molar-refractivity contribution is 5.28. The number of aliphatic hydroxyl groups excluding tert-OH is 1. The minimum absolute atomic E-state index is 0.138. The van der Waals surface area contributed by atoms with Crippen molar-refractivity contribution in [2.75, 3.05) is 6.61 Å². The van der Waals surface area contributed by atoms with Crippen molar-refractivity contribution in [2.24, 2.45) is 0 Å². The first kappa shape index (κ1) is 13.0. The van der Waals surface area contributed by atoms with E-state index < -0.39 is 0 Å². The molecule has 1 rings (SSSR count). The lowest BCUT2D eigenvalue weighted by Crippen LogP contribution is -2.34. The molecule has 90 valence electrons. The van der Waals surface area contributed by atoms with Crippen LogP contribution in [0.4, 0.5) is 0 Å². The molecule has 0 spiro atoms. The fourth-order valence-electron chi connectivity index (χ4n) is 1.74. The van der Waals surface area contributed by atoms with Crippen LogP contribution in [0.5, 0.6) is 5.75 Å². The number of hydrogen-bond donors (Lipinski definition) is 3. The quantitative estimate of drug-likeness (QED) is 0.693. The molecule has 0 aromatic heterocycles. The van der Waals surface area contributed by atoms with Crippen LogP contribution >= 0.6 is 0 Å². The Hall–Kier alpha value is -1.06. The van der Waals surface area contributed by atoms with E-state index in [1.54, 1.807) is 12.1 Å². The first-order valence-electron chi connectivity index (χ1n) is 5.87. The number of aromatic hydroxyl groups is 1. The summed E-state index contributed by atoms with van der Waals surface area (Å²) in [6.07, 6.45) is 1.87.